The van der Waals surface area contributed by atoms with E-state index in [2.05, 4.69) is 6.92 Å². The molecular formula is C15H23NO4. The number of nitrogens with zero attached hydrogens (tertiary/aromatic N) is 1. The number of imide groups is 1. The number of carboxylic acid groups (broad SMARTS) is 1. The van der Waals surface area contributed by atoms with Crippen molar-refractivity contribution in [1.29, 1.82) is 0 Å². The van der Waals surface area contributed by atoms with Gasteiger partial charge in [-0.1, -0.05) is 27.2 Å². The SMILES string of the molecule is CCC1CCC(C(=O)O)(N2C(=O)CC(C)(C)C2=O)CC1. The molecule has 2 fully saturated rings. The average molecular weight is 281 g/mol. The first-order valence-corrected chi connectivity index (χ1v) is 7.35. The van der Waals surface area contributed by atoms with E-state index in [4.69, 9.17) is 0 Å². The zero-order valence-corrected chi connectivity index (χ0v) is 12.4. The number of likely N-dealkylation sites (tertiary alicyclic amines) is 1. The molecule has 1 N–H and O–H groups in total. The molecule has 0 aromatic rings. The van der Waals surface area contributed by atoms with Crippen LogP contribution in [0.2, 0.25) is 0 Å². The van der Waals surface area contributed by atoms with Crippen molar-refractivity contribution >= 4 is 17.8 Å². The predicted octanol–water partition coefficient (Wildman–Crippen LogP) is 2.20. The summed E-state index contributed by atoms with van der Waals surface area (Å²) in [6.07, 6.45) is 3.42. The van der Waals surface area contributed by atoms with Gasteiger partial charge in [-0.25, -0.2) is 4.79 Å². The van der Waals surface area contributed by atoms with E-state index in [-0.39, 0.29) is 18.2 Å². The first kappa shape index (κ1) is 15.0. The van der Waals surface area contributed by atoms with Crippen molar-refractivity contribution in [2.24, 2.45) is 11.3 Å². The minimum absolute atomic E-state index is 0.109. The monoisotopic (exact) mass is 281 g/mol. The number of hydrogen-bond acceptors (Lipinski definition) is 3. The molecule has 0 aromatic carbocycles. The molecule has 2 rings (SSSR count). The molecule has 5 heteroatoms. The van der Waals surface area contributed by atoms with Gasteiger partial charge in [0.15, 0.2) is 0 Å². The van der Waals surface area contributed by atoms with Crippen LogP contribution in [0.3, 0.4) is 0 Å². The van der Waals surface area contributed by atoms with Crippen LogP contribution in [0.25, 0.3) is 0 Å². The van der Waals surface area contributed by atoms with Gasteiger partial charge in [0, 0.05) is 6.42 Å². The van der Waals surface area contributed by atoms with Gasteiger partial charge in [-0.15, -0.1) is 0 Å². The Morgan fingerprint density at radius 1 is 1.30 bits per heavy atom. The number of carboxylic acids is 1. The van der Waals surface area contributed by atoms with Gasteiger partial charge in [0.25, 0.3) is 0 Å². The largest absolute Gasteiger partial charge is 0.479 e. The summed E-state index contributed by atoms with van der Waals surface area (Å²) in [5, 5.41) is 9.67. The lowest BCUT2D eigenvalue weighted by atomic mass is 9.74. The molecule has 1 aliphatic carbocycles. The summed E-state index contributed by atoms with van der Waals surface area (Å²) in [6, 6.07) is 0. The van der Waals surface area contributed by atoms with Gasteiger partial charge in [-0.2, -0.15) is 0 Å². The second-order valence-electron chi connectivity index (χ2n) is 6.78. The summed E-state index contributed by atoms with van der Waals surface area (Å²) in [7, 11) is 0. The standard InChI is InChI=1S/C15H23NO4/c1-4-10-5-7-15(8-6-10,13(19)20)16-11(17)9-14(2,3)12(16)18/h10H,4-9H2,1-3H3,(H,19,20). The summed E-state index contributed by atoms with van der Waals surface area (Å²) in [4.78, 5) is 37.5. The molecular weight excluding hydrogens is 258 g/mol. The lowest BCUT2D eigenvalue weighted by Crippen LogP contribution is -2.59. The Morgan fingerprint density at radius 2 is 1.85 bits per heavy atom. The summed E-state index contributed by atoms with van der Waals surface area (Å²) < 4.78 is 0. The Bertz CT molecular complexity index is 447. The van der Waals surface area contributed by atoms with E-state index < -0.39 is 16.9 Å². The normalized spacial score (nSPS) is 33.5. The molecule has 1 saturated carbocycles. The molecule has 0 bridgehead atoms. The lowest BCUT2D eigenvalue weighted by Gasteiger charge is -2.42. The summed E-state index contributed by atoms with van der Waals surface area (Å²) >= 11 is 0. The van der Waals surface area contributed by atoms with E-state index in [1.807, 2.05) is 0 Å². The van der Waals surface area contributed by atoms with Crippen molar-refractivity contribution in [2.45, 2.75) is 64.8 Å². The third kappa shape index (κ3) is 2.13. The van der Waals surface area contributed by atoms with Crippen LogP contribution in [0, 0.1) is 11.3 Å². The third-order valence-corrected chi connectivity index (χ3v) is 4.96. The fraction of sp³-hybridized carbons (Fsp3) is 0.800. The van der Waals surface area contributed by atoms with E-state index in [0.717, 1.165) is 24.2 Å². The van der Waals surface area contributed by atoms with Gasteiger partial charge in [0.05, 0.1) is 5.41 Å². The van der Waals surface area contributed by atoms with Gasteiger partial charge < -0.3 is 5.11 Å². The predicted molar refractivity (Wildman–Crippen MR) is 72.9 cm³/mol. The van der Waals surface area contributed by atoms with E-state index in [1.165, 1.54) is 0 Å². The van der Waals surface area contributed by atoms with Crippen LogP contribution in [0.1, 0.15) is 59.3 Å². The van der Waals surface area contributed by atoms with E-state index in [9.17, 15) is 19.5 Å². The van der Waals surface area contributed by atoms with Crippen LogP contribution in [-0.2, 0) is 14.4 Å². The van der Waals surface area contributed by atoms with Crippen LogP contribution >= 0.6 is 0 Å². The van der Waals surface area contributed by atoms with Gasteiger partial charge in [-0.3, -0.25) is 14.5 Å². The molecule has 0 unspecified atom stereocenters. The maximum Gasteiger partial charge on any atom is 0.330 e. The van der Waals surface area contributed by atoms with Crippen molar-refractivity contribution < 1.29 is 19.5 Å². The highest BCUT2D eigenvalue weighted by Gasteiger charge is 2.58. The average Bonchev–Trinajstić information content (AvgIpc) is 2.58. The molecule has 2 aliphatic rings. The fourth-order valence-corrected chi connectivity index (χ4v) is 3.48. The number of amides is 2. The Labute approximate surface area is 119 Å². The molecule has 112 valence electrons. The summed E-state index contributed by atoms with van der Waals surface area (Å²) in [5.41, 5.74) is -2.09. The van der Waals surface area contributed by atoms with Gasteiger partial charge in [0.2, 0.25) is 11.8 Å². The number of aliphatic carboxylic acids is 1. The second kappa shape index (κ2) is 4.86. The van der Waals surface area contributed by atoms with E-state index in [0.29, 0.717) is 18.8 Å². The van der Waals surface area contributed by atoms with Crippen molar-refractivity contribution in [2.75, 3.05) is 0 Å². The van der Waals surface area contributed by atoms with Crippen molar-refractivity contribution in [1.82, 2.24) is 4.90 Å². The van der Waals surface area contributed by atoms with Crippen LogP contribution in [0.15, 0.2) is 0 Å². The number of carbonyl (C=O) groups is 3. The Morgan fingerprint density at radius 3 is 2.20 bits per heavy atom. The Balaban J connectivity index is 2.33. The number of hydrogen-bond donors (Lipinski definition) is 1. The van der Waals surface area contributed by atoms with Crippen LogP contribution in [0.5, 0.6) is 0 Å². The smallest absolute Gasteiger partial charge is 0.330 e. The zero-order chi connectivity index (χ0) is 15.1. The van der Waals surface area contributed by atoms with Crippen LogP contribution in [-0.4, -0.2) is 33.3 Å². The highest BCUT2D eigenvalue weighted by Crippen LogP contribution is 2.44. The number of rotatable bonds is 3. The second-order valence-corrected chi connectivity index (χ2v) is 6.78. The van der Waals surface area contributed by atoms with Gasteiger partial charge in [-0.05, 0) is 31.6 Å². The molecule has 0 radical (unpaired) electrons. The van der Waals surface area contributed by atoms with Crippen molar-refractivity contribution in [3.63, 3.8) is 0 Å². The highest BCUT2D eigenvalue weighted by molar-refractivity contribution is 6.09. The zero-order valence-electron chi connectivity index (χ0n) is 12.4. The molecule has 1 heterocycles. The highest BCUT2D eigenvalue weighted by atomic mass is 16.4. The van der Waals surface area contributed by atoms with Gasteiger partial charge >= 0.3 is 5.97 Å². The van der Waals surface area contributed by atoms with E-state index in [1.54, 1.807) is 13.8 Å². The topological polar surface area (TPSA) is 74.7 Å². The minimum Gasteiger partial charge on any atom is -0.479 e. The maximum absolute atomic E-state index is 12.4. The third-order valence-electron chi connectivity index (χ3n) is 4.96. The van der Waals surface area contributed by atoms with Crippen LogP contribution in [0.4, 0.5) is 0 Å². The molecule has 1 aliphatic heterocycles. The van der Waals surface area contributed by atoms with Gasteiger partial charge in [0.1, 0.15) is 5.54 Å². The molecule has 5 nitrogen and oxygen atoms in total. The van der Waals surface area contributed by atoms with E-state index >= 15 is 0 Å². The fourth-order valence-electron chi connectivity index (χ4n) is 3.48. The first-order valence-electron chi connectivity index (χ1n) is 7.35. The summed E-state index contributed by atoms with van der Waals surface area (Å²) in [5.74, 6) is -1.20. The van der Waals surface area contributed by atoms with Crippen LogP contribution < -0.4 is 0 Å². The molecule has 20 heavy (non-hydrogen) atoms. The number of carbonyl (C=O) groups excluding carboxylic acids is 2. The maximum atomic E-state index is 12.4. The Hall–Kier alpha value is -1.39. The Kier molecular flexibility index (Phi) is 3.65. The molecule has 1 saturated heterocycles. The van der Waals surface area contributed by atoms with Crippen molar-refractivity contribution in [3.05, 3.63) is 0 Å². The minimum atomic E-state index is -1.31. The molecule has 0 atom stereocenters. The summed E-state index contributed by atoms with van der Waals surface area (Å²) in [6.45, 7) is 5.51. The molecule has 2 amide bonds. The quantitative estimate of drug-likeness (QED) is 0.805. The lowest BCUT2D eigenvalue weighted by molar-refractivity contribution is -0.167. The molecule has 0 spiro atoms. The van der Waals surface area contributed by atoms with Crippen molar-refractivity contribution in [3.8, 4) is 0 Å². The first-order chi connectivity index (χ1) is 9.24. The molecule has 0 aromatic heterocycles.